The molecule has 0 bridgehead atoms. The summed E-state index contributed by atoms with van der Waals surface area (Å²) in [4.78, 5) is 2.35. The van der Waals surface area contributed by atoms with Crippen molar-refractivity contribution in [2.45, 2.75) is 72.1 Å². The molecular formula is C30H41N3O3. The van der Waals surface area contributed by atoms with E-state index in [0.29, 0.717) is 25.6 Å². The average molecular weight is 492 g/mol. The van der Waals surface area contributed by atoms with E-state index in [4.69, 9.17) is 14.6 Å². The molecule has 1 aliphatic carbocycles. The Morgan fingerprint density at radius 3 is 2.39 bits per heavy atom. The van der Waals surface area contributed by atoms with Crippen LogP contribution in [0.25, 0.3) is 5.69 Å². The van der Waals surface area contributed by atoms with Gasteiger partial charge >= 0.3 is 0 Å². The molecular weight excluding hydrogens is 450 g/mol. The lowest BCUT2D eigenvalue weighted by Gasteiger charge is -2.27. The Labute approximate surface area is 215 Å². The summed E-state index contributed by atoms with van der Waals surface area (Å²) in [6.45, 7) is 12.7. The van der Waals surface area contributed by atoms with Gasteiger partial charge in [-0.25, -0.2) is 4.68 Å². The van der Waals surface area contributed by atoms with Gasteiger partial charge in [0.25, 0.3) is 0 Å². The summed E-state index contributed by atoms with van der Waals surface area (Å²) in [5.41, 5.74) is 3.97. The van der Waals surface area contributed by atoms with Crippen LogP contribution < -0.4 is 4.74 Å². The largest absolute Gasteiger partial charge is 0.439 e. The number of aryl methyl sites for hydroxylation is 2. The summed E-state index contributed by atoms with van der Waals surface area (Å²) in [6.07, 6.45) is 2.74. The molecule has 1 fully saturated rings. The Kier molecular flexibility index (Phi) is 8.50. The second-order valence-electron chi connectivity index (χ2n) is 11.0. The van der Waals surface area contributed by atoms with Crippen LogP contribution in [0.1, 0.15) is 57.4 Å². The predicted molar refractivity (Wildman–Crippen MR) is 144 cm³/mol. The van der Waals surface area contributed by atoms with Crippen LogP contribution in [0.3, 0.4) is 0 Å². The molecule has 36 heavy (non-hydrogen) atoms. The molecule has 0 radical (unpaired) electrons. The van der Waals surface area contributed by atoms with E-state index in [9.17, 15) is 5.11 Å². The molecule has 0 aliphatic heterocycles. The average Bonchev–Trinajstić information content (AvgIpc) is 3.60. The number of nitrogens with zero attached hydrogens (tertiary/aromatic N) is 3. The van der Waals surface area contributed by atoms with E-state index in [1.165, 1.54) is 18.4 Å². The second kappa shape index (κ2) is 11.6. The van der Waals surface area contributed by atoms with Crippen LogP contribution in [-0.4, -0.2) is 51.2 Å². The highest BCUT2D eigenvalue weighted by atomic mass is 16.5. The second-order valence-corrected chi connectivity index (χ2v) is 11.0. The minimum absolute atomic E-state index is 0.274. The number of hydrogen-bond acceptors (Lipinski definition) is 5. The van der Waals surface area contributed by atoms with Gasteiger partial charge in [-0.15, -0.1) is 0 Å². The Balaban J connectivity index is 1.65. The third-order valence-electron chi connectivity index (χ3n) is 6.36. The van der Waals surface area contributed by atoms with Gasteiger partial charge < -0.3 is 14.6 Å². The van der Waals surface area contributed by atoms with Crippen LogP contribution in [0.15, 0.2) is 54.6 Å². The van der Waals surface area contributed by atoms with E-state index in [-0.39, 0.29) is 5.60 Å². The van der Waals surface area contributed by atoms with Crippen molar-refractivity contribution in [1.82, 2.24) is 14.7 Å². The third-order valence-corrected chi connectivity index (χ3v) is 6.36. The van der Waals surface area contributed by atoms with Crippen LogP contribution in [0, 0.1) is 12.8 Å². The number of hydrogen-bond donors (Lipinski definition) is 1. The first kappa shape index (κ1) is 26.4. The molecule has 6 heteroatoms. The van der Waals surface area contributed by atoms with E-state index in [1.54, 1.807) is 0 Å². The number of para-hydroxylation sites is 1. The maximum atomic E-state index is 10.8. The Morgan fingerprint density at radius 2 is 1.78 bits per heavy atom. The maximum Gasteiger partial charge on any atom is 0.227 e. The van der Waals surface area contributed by atoms with Gasteiger partial charge in [-0.05, 0) is 77.1 Å². The van der Waals surface area contributed by atoms with E-state index in [1.807, 2.05) is 67.9 Å². The number of aromatic nitrogens is 2. The van der Waals surface area contributed by atoms with Crippen molar-refractivity contribution >= 4 is 0 Å². The van der Waals surface area contributed by atoms with Crippen LogP contribution in [0.2, 0.25) is 0 Å². The van der Waals surface area contributed by atoms with Gasteiger partial charge in [0, 0.05) is 19.6 Å². The minimum atomic E-state index is -0.557. The molecule has 0 unspecified atom stereocenters. The first-order valence-corrected chi connectivity index (χ1v) is 13.2. The molecule has 6 nitrogen and oxygen atoms in total. The van der Waals surface area contributed by atoms with E-state index in [2.05, 4.69) is 30.9 Å². The van der Waals surface area contributed by atoms with Gasteiger partial charge in [0.1, 0.15) is 5.75 Å². The minimum Gasteiger partial charge on any atom is -0.439 e. The normalized spacial score (nSPS) is 14.9. The predicted octanol–water partition coefficient (Wildman–Crippen LogP) is 5.92. The molecule has 1 aromatic heterocycles. The van der Waals surface area contributed by atoms with Gasteiger partial charge in [0.2, 0.25) is 5.88 Å². The summed E-state index contributed by atoms with van der Waals surface area (Å²) in [5.74, 6) is 2.22. The Morgan fingerprint density at radius 1 is 1.08 bits per heavy atom. The molecule has 0 amide bonds. The number of ether oxygens (including phenoxy) is 2. The number of rotatable bonds is 12. The summed E-state index contributed by atoms with van der Waals surface area (Å²) >= 11 is 0. The van der Waals surface area contributed by atoms with Gasteiger partial charge in [-0.2, -0.15) is 5.10 Å². The lowest BCUT2D eigenvalue weighted by molar-refractivity contribution is -0.0569. The first-order valence-electron chi connectivity index (χ1n) is 13.2. The molecule has 0 saturated heterocycles. The summed E-state index contributed by atoms with van der Waals surface area (Å²) in [5, 5.41) is 15.8. The lowest BCUT2D eigenvalue weighted by atomic mass is 10.1. The standard InChI is InChI=1S/C30H41N3O3/c1-6-28-27(20-32(18-23-14-15-23)19-25(34)21-35-30(3,4)5)29(36-26-16-12-22(2)13-17-26)33(31-28)24-10-8-7-9-11-24/h7-13,16-17,23,25,34H,6,14-15,18-21H2,1-5H3/t25-/m0/s1. The van der Waals surface area contributed by atoms with Gasteiger partial charge in [0.05, 0.1) is 35.3 Å². The molecule has 1 saturated carbocycles. The van der Waals surface area contributed by atoms with Gasteiger partial charge in [-0.1, -0.05) is 42.8 Å². The van der Waals surface area contributed by atoms with Crippen molar-refractivity contribution in [1.29, 1.82) is 0 Å². The highest BCUT2D eigenvalue weighted by Gasteiger charge is 2.29. The first-order chi connectivity index (χ1) is 17.2. The number of aliphatic hydroxyl groups is 1. The van der Waals surface area contributed by atoms with Gasteiger partial charge in [0.15, 0.2) is 0 Å². The number of benzene rings is 2. The molecule has 0 spiro atoms. The summed E-state index contributed by atoms with van der Waals surface area (Å²) in [6, 6.07) is 18.3. The molecule has 2 aromatic carbocycles. The fourth-order valence-corrected chi connectivity index (χ4v) is 4.28. The van der Waals surface area contributed by atoms with Crippen molar-refractivity contribution in [2.75, 3.05) is 19.7 Å². The molecule has 1 atom stereocenters. The fraction of sp³-hybridized carbons (Fsp3) is 0.500. The molecule has 4 rings (SSSR count). The third kappa shape index (κ3) is 7.42. The molecule has 1 heterocycles. The van der Waals surface area contributed by atoms with Gasteiger partial charge in [-0.3, -0.25) is 4.90 Å². The zero-order chi connectivity index (χ0) is 25.7. The Bertz CT molecular complexity index is 1100. The molecule has 3 aromatic rings. The summed E-state index contributed by atoms with van der Waals surface area (Å²) < 4.78 is 14.3. The van der Waals surface area contributed by atoms with Crippen LogP contribution in [-0.2, 0) is 17.7 Å². The van der Waals surface area contributed by atoms with Crippen LogP contribution >= 0.6 is 0 Å². The number of aliphatic hydroxyl groups excluding tert-OH is 1. The SMILES string of the molecule is CCc1nn(-c2ccccc2)c(Oc2ccc(C)cc2)c1CN(CC1CC1)C[C@H](O)COC(C)(C)C. The zero-order valence-corrected chi connectivity index (χ0v) is 22.4. The molecule has 1 N–H and O–H groups in total. The van der Waals surface area contributed by atoms with Crippen molar-refractivity contribution in [3.05, 3.63) is 71.4 Å². The summed E-state index contributed by atoms with van der Waals surface area (Å²) in [7, 11) is 0. The van der Waals surface area contributed by atoms with Crippen molar-refractivity contribution < 1.29 is 14.6 Å². The monoisotopic (exact) mass is 491 g/mol. The maximum absolute atomic E-state index is 10.8. The molecule has 1 aliphatic rings. The van der Waals surface area contributed by atoms with Crippen LogP contribution in [0.4, 0.5) is 0 Å². The fourth-order valence-electron chi connectivity index (χ4n) is 4.28. The van der Waals surface area contributed by atoms with Crippen molar-refractivity contribution in [3.8, 4) is 17.3 Å². The van der Waals surface area contributed by atoms with E-state index >= 15 is 0 Å². The lowest BCUT2D eigenvalue weighted by Crippen LogP contribution is -2.37. The highest BCUT2D eigenvalue weighted by molar-refractivity contribution is 5.44. The smallest absolute Gasteiger partial charge is 0.227 e. The highest BCUT2D eigenvalue weighted by Crippen LogP contribution is 2.34. The van der Waals surface area contributed by atoms with Crippen molar-refractivity contribution in [2.24, 2.45) is 5.92 Å². The van der Waals surface area contributed by atoms with E-state index < -0.39 is 6.10 Å². The Hall–Kier alpha value is -2.67. The van der Waals surface area contributed by atoms with E-state index in [0.717, 1.165) is 41.5 Å². The van der Waals surface area contributed by atoms with Crippen LogP contribution in [0.5, 0.6) is 11.6 Å². The molecule has 194 valence electrons. The zero-order valence-electron chi connectivity index (χ0n) is 22.4. The topological polar surface area (TPSA) is 59.8 Å². The quantitative estimate of drug-likeness (QED) is 0.341. The van der Waals surface area contributed by atoms with Crippen molar-refractivity contribution in [3.63, 3.8) is 0 Å².